The van der Waals surface area contributed by atoms with E-state index in [-0.39, 0.29) is 13.0 Å². The highest BCUT2D eigenvalue weighted by Crippen LogP contribution is 2.33. The molecule has 4 rings (SSSR count). The van der Waals surface area contributed by atoms with E-state index in [4.69, 9.17) is 19.9 Å². The number of ether oxygens (including phenoxy) is 1. The van der Waals surface area contributed by atoms with Gasteiger partial charge in [0.25, 0.3) is 0 Å². The molecule has 1 aromatic carbocycles. The van der Waals surface area contributed by atoms with Crippen molar-refractivity contribution in [3.05, 3.63) is 60.3 Å². The maximum absolute atomic E-state index is 10.6. The van der Waals surface area contributed by atoms with Gasteiger partial charge in [-0.1, -0.05) is 0 Å². The summed E-state index contributed by atoms with van der Waals surface area (Å²) in [7, 11) is 0. The molecule has 1 unspecified atom stereocenters. The first-order valence-electron chi connectivity index (χ1n) is 10.2. The molecule has 0 saturated heterocycles. The smallest absolute Gasteiger partial charge is 0.478 e. The van der Waals surface area contributed by atoms with Crippen molar-refractivity contribution in [1.82, 2.24) is 24.7 Å². The maximum atomic E-state index is 10.6. The maximum Gasteiger partial charge on any atom is 0.490 e. The highest BCUT2D eigenvalue weighted by atomic mass is 19.4. The van der Waals surface area contributed by atoms with Crippen LogP contribution in [-0.2, 0) is 4.79 Å². The number of alkyl halides is 3. The third-order valence-corrected chi connectivity index (χ3v) is 4.87. The van der Waals surface area contributed by atoms with Crippen LogP contribution in [0.3, 0.4) is 0 Å². The molecule has 11 nitrogen and oxygen atoms in total. The van der Waals surface area contributed by atoms with Gasteiger partial charge >= 0.3 is 12.1 Å². The molecule has 0 amide bonds. The number of nitrogens with one attached hydrogen (secondary N) is 1. The molecule has 14 heteroatoms. The van der Waals surface area contributed by atoms with Crippen LogP contribution in [0, 0.1) is 34.0 Å². The number of hydrogen-bond donors (Lipinski definition) is 2. The van der Waals surface area contributed by atoms with Crippen LogP contribution in [0.4, 0.5) is 13.2 Å². The second-order valence-electron chi connectivity index (χ2n) is 7.16. The SMILES string of the molecule is N#CCOc1ccc(C#N)cc1C(CC#N)n1cc(-c2ncnc3[nH]ccc23)cn1.O=C(O)C(F)(F)F. The van der Waals surface area contributed by atoms with E-state index >= 15 is 0 Å². The molecular formula is C23H15F3N8O3. The first-order chi connectivity index (χ1) is 17.7. The molecule has 4 aromatic rings. The lowest BCUT2D eigenvalue weighted by atomic mass is 10.0. The van der Waals surface area contributed by atoms with Crippen molar-refractivity contribution in [1.29, 1.82) is 15.8 Å². The van der Waals surface area contributed by atoms with E-state index < -0.39 is 18.2 Å². The zero-order chi connectivity index (χ0) is 27.0. The van der Waals surface area contributed by atoms with Gasteiger partial charge in [0.05, 0.1) is 42.1 Å². The number of carboxylic acids is 1. The number of hydrogen-bond acceptors (Lipinski definition) is 8. The topological polar surface area (TPSA) is 177 Å². The number of rotatable bonds is 6. The number of H-pyrrole nitrogens is 1. The quantitative estimate of drug-likeness (QED) is 0.393. The molecule has 0 aliphatic carbocycles. The number of nitriles is 3. The minimum Gasteiger partial charge on any atom is -0.478 e. The summed E-state index contributed by atoms with van der Waals surface area (Å²) in [6.45, 7) is -0.144. The van der Waals surface area contributed by atoms with Gasteiger partial charge in [0, 0.05) is 28.9 Å². The van der Waals surface area contributed by atoms with Crippen LogP contribution < -0.4 is 4.74 Å². The number of benzene rings is 1. The Bertz CT molecular complexity index is 1540. The van der Waals surface area contributed by atoms with Gasteiger partial charge in [0.15, 0.2) is 6.61 Å². The fraction of sp³-hybridized carbons (Fsp3) is 0.174. The highest BCUT2D eigenvalue weighted by molar-refractivity contribution is 5.90. The van der Waals surface area contributed by atoms with Gasteiger partial charge < -0.3 is 14.8 Å². The lowest BCUT2D eigenvalue weighted by Crippen LogP contribution is -2.21. The predicted octanol–water partition coefficient (Wildman–Crippen LogP) is 3.73. The Kier molecular flexibility index (Phi) is 8.02. The summed E-state index contributed by atoms with van der Waals surface area (Å²) < 4.78 is 38.9. The van der Waals surface area contributed by atoms with Crippen LogP contribution >= 0.6 is 0 Å². The summed E-state index contributed by atoms with van der Waals surface area (Å²) in [6.07, 6.45) is 1.75. The van der Waals surface area contributed by atoms with E-state index in [2.05, 4.69) is 32.2 Å². The molecule has 0 aliphatic rings. The lowest BCUT2D eigenvalue weighted by molar-refractivity contribution is -0.192. The molecule has 0 saturated carbocycles. The van der Waals surface area contributed by atoms with Gasteiger partial charge in [-0.25, -0.2) is 14.8 Å². The van der Waals surface area contributed by atoms with E-state index in [0.29, 0.717) is 16.9 Å². The molecular weight excluding hydrogens is 493 g/mol. The number of carbonyl (C=O) groups is 1. The summed E-state index contributed by atoms with van der Waals surface area (Å²) >= 11 is 0. The Hall–Kier alpha value is -5.42. The molecule has 1 atom stereocenters. The first-order valence-corrected chi connectivity index (χ1v) is 10.2. The molecule has 3 heterocycles. The molecule has 2 N–H and O–H groups in total. The minimum atomic E-state index is -5.08. The standard InChI is InChI=1S/C21H14N8O.C2HF3O2/c22-5-3-18(17-9-14(10-24)1-2-19(17)30-8-6-23)29-12-15(11-28-29)20-16-4-7-25-21(16)27-13-26-20;3-2(4,5)1(6)7/h1-2,4,7,9,11-13,18H,3,8H2,(H,25,26,27);(H,6,7). The average Bonchev–Trinajstić information content (AvgIpc) is 3.56. The van der Waals surface area contributed by atoms with E-state index in [1.54, 1.807) is 41.5 Å². The Morgan fingerprint density at radius 1 is 1.19 bits per heavy atom. The molecule has 37 heavy (non-hydrogen) atoms. The molecule has 0 aliphatic heterocycles. The van der Waals surface area contributed by atoms with Crippen LogP contribution in [0.2, 0.25) is 0 Å². The molecule has 186 valence electrons. The van der Waals surface area contributed by atoms with Crippen molar-refractivity contribution < 1.29 is 27.8 Å². The van der Waals surface area contributed by atoms with E-state index in [0.717, 1.165) is 22.3 Å². The second-order valence-corrected chi connectivity index (χ2v) is 7.16. The molecule has 0 fully saturated rings. The molecule has 0 spiro atoms. The van der Waals surface area contributed by atoms with E-state index in [9.17, 15) is 23.7 Å². The zero-order valence-corrected chi connectivity index (χ0v) is 18.6. The zero-order valence-electron chi connectivity index (χ0n) is 18.6. The lowest BCUT2D eigenvalue weighted by Gasteiger charge is -2.18. The number of carboxylic acid groups (broad SMARTS) is 1. The fourth-order valence-electron chi connectivity index (χ4n) is 3.29. The number of fused-ring (bicyclic) bond motifs is 1. The van der Waals surface area contributed by atoms with Gasteiger partial charge in [-0.05, 0) is 24.3 Å². The highest BCUT2D eigenvalue weighted by Gasteiger charge is 2.38. The minimum absolute atomic E-state index is 0.0995. The van der Waals surface area contributed by atoms with Gasteiger partial charge in [-0.2, -0.15) is 34.1 Å². The molecule has 0 radical (unpaired) electrons. The number of aromatic nitrogens is 5. The summed E-state index contributed by atoms with van der Waals surface area (Å²) in [6, 6.07) is 12.5. The Morgan fingerprint density at radius 3 is 2.59 bits per heavy atom. The van der Waals surface area contributed by atoms with Crippen molar-refractivity contribution in [2.45, 2.75) is 18.6 Å². The normalized spacial score (nSPS) is 11.4. The summed E-state index contributed by atoms with van der Waals surface area (Å²) in [4.78, 5) is 20.5. The Labute approximate surface area is 206 Å². The molecule has 3 aromatic heterocycles. The van der Waals surface area contributed by atoms with Gasteiger partial charge in [0.2, 0.25) is 0 Å². The van der Waals surface area contributed by atoms with Crippen molar-refractivity contribution in [2.24, 2.45) is 0 Å². The molecule has 0 bridgehead atoms. The number of halogens is 3. The summed E-state index contributed by atoms with van der Waals surface area (Å²) in [5, 5.41) is 40.0. The third kappa shape index (κ3) is 6.18. The van der Waals surface area contributed by atoms with Crippen LogP contribution in [0.25, 0.3) is 22.3 Å². The van der Waals surface area contributed by atoms with Gasteiger partial charge in [0.1, 0.15) is 23.8 Å². The monoisotopic (exact) mass is 508 g/mol. The van der Waals surface area contributed by atoms with Crippen LogP contribution in [0.1, 0.15) is 23.6 Å². The largest absolute Gasteiger partial charge is 0.490 e. The Morgan fingerprint density at radius 2 is 1.95 bits per heavy atom. The van der Waals surface area contributed by atoms with E-state index in [1.165, 1.54) is 6.33 Å². The van der Waals surface area contributed by atoms with Crippen molar-refractivity contribution in [3.63, 3.8) is 0 Å². The first kappa shape index (κ1) is 26.2. The number of nitrogens with zero attached hydrogens (tertiary/aromatic N) is 7. The van der Waals surface area contributed by atoms with Gasteiger partial charge in [-0.15, -0.1) is 0 Å². The average molecular weight is 508 g/mol. The van der Waals surface area contributed by atoms with Crippen LogP contribution in [-0.4, -0.2) is 48.6 Å². The van der Waals surface area contributed by atoms with Crippen molar-refractivity contribution in [2.75, 3.05) is 6.61 Å². The van der Waals surface area contributed by atoms with Crippen LogP contribution in [0.5, 0.6) is 5.75 Å². The number of aliphatic carboxylic acids is 1. The Balaban J connectivity index is 0.000000479. The van der Waals surface area contributed by atoms with Gasteiger partial charge in [-0.3, -0.25) is 4.68 Å². The second kappa shape index (κ2) is 11.3. The predicted molar refractivity (Wildman–Crippen MR) is 119 cm³/mol. The van der Waals surface area contributed by atoms with Crippen LogP contribution in [0.15, 0.2) is 49.2 Å². The number of aromatic amines is 1. The summed E-state index contributed by atoms with van der Waals surface area (Å²) in [5.74, 6) is -2.32. The summed E-state index contributed by atoms with van der Waals surface area (Å²) in [5.41, 5.74) is 3.23. The fourth-order valence-corrected chi connectivity index (χ4v) is 3.29. The third-order valence-electron chi connectivity index (χ3n) is 4.87. The van der Waals surface area contributed by atoms with Crippen molar-refractivity contribution in [3.8, 4) is 35.2 Å². The van der Waals surface area contributed by atoms with Crippen molar-refractivity contribution >= 4 is 17.0 Å². The van der Waals surface area contributed by atoms with E-state index in [1.807, 2.05) is 12.1 Å².